The van der Waals surface area contributed by atoms with Crippen molar-refractivity contribution in [3.05, 3.63) is 58.6 Å². The van der Waals surface area contributed by atoms with Crippen molar-refractivity contribution in [2.45, 2.75) is 64.8 Å². The van der Waals surface area contributed by atoms with Gasteiger partial charge in [-0.05, 0) is 37.5 Å². The van der Waals surface area contributed by atoms with E-state index in [2.05, 4.69) is 10.3 Å². The van der Waals surface area contributed by atoms with Crippen LogP contribution in [0.2, 0.25) is 0 Å². The average Bonchev–Trinajstić information content (AvgIpc) is 3.04. The summed E-state index contributed by atoms with van der Waals surface area (Å²) in [5, 5.41) is 13.3. The third-order valence-corrected chi connectivity index (χ3v) is 5.41. The smallest absolute Gasteiger partial charge is 0.351 e. The topological polar surface area (TPSA) is 103 Å². The van der Waals surface area contributed by atoms with Crippen molar-refractivity contribution in [2.24, 2.45) is 5.92 Å². The summed E-state index contributed by atoms with van der Waals surface area (Å²) >= 11 is 0. The number of ether oxygens (including phenoxy) is 2. The minimum Gasteiger partial charge on any atom is -0.388 e. The first-order chi connectivity index (χ1) is 14.3. The molecule has 162 valence electrons. The molecule has 1 aliphatic rings. The molecule has 2 aromatic rings. The molecule has 2 N–H and O–H groups in total. The Labute approximate surface area is 175 Å². The van der Waals surface area contributed by atoms with Crippen LogP contribution in [0.3, 0.4) is 0 Å². The number of aromatic nitrogens is 2. The van der Waals surface area contributed by atoms with Gasteiger partial charge in [-0.25, -0.2) is 4.79 Å². The highest BCUT2D eigenvalue weighted by Crippen LogP contribution is 2.33. The lowest BCUT2D eigenvalue weighted by molar-refractivity contribution is -0.108. The van der Waals surface area contributed by atoms with Crippen LogP contribution in [-0.2, 0) is 9.47 Å². The number of benzene rings is 1. The van der Waals surface area contributed by atoms with Gasteiger partial charge in [0.05, 0.1) is 12.2 Å². The summed E-state index contributed by atoms with van der Waals surface area (Å²) in [6.07, 6.45) is -0.835. The summed E-state index contributed by atoms with van der Waals surface area (Å²) in [6.45, 7) is 7.88. The molecular formula is C22H29N3O5. The van der Waals surface area contributed by atoms with Gasteiger partial charge in [0.15, 0.2) is 6.23 Å². The van der Waals surface area contributed by atoms with Crippen LogP contribution in [-0.4, -0.2) is 45.0 Å². The van der Waals surface area contributed by atoms with Crippen LogP contribution < -0.4 is 11.0 Å². The summed E-state index contributed by atoms with van der Waals surface area (Å²) in [6, 6.07) is 10.2. The van der Waals surface area contributed by atoms with Crippen LogP contribution in [0.1, 0.15) is 50.7 Å². The van der Waals surface area contributed by atoms with E-state index in [0.717, 1.165) is 0 Å². The molecule has 8 nitrogen and oxygen atoms in total. The third kappa shape index (κ3) is 4.77. The van der Waals surface area contributed by atoms with Gasteiger partial charge in [-0.1, -0.05) is 39.0 Å². The van der Waals surface area contributed by atoms with E-state index in [9.17, 15) is 14.7 Å². The van der Waals surface area contributed by atoms with Gasteiger partial charge in [0.25, 0.3) is 5.91 Å². The minimum absolute atomic E-state index is 0.126. The van der Waals surface area contributed by atoms with Crippen molar-refractivity contribution in [2.75, 3.05) is 5.32 Å². The monoisotopic (exact) mass is 415 g/mol. The van der Waals surface area contributed by atoms with E-state index in [-0.39, 0.29) is 23.7 Å². The molecule has 0 spiro atoms. The fraction of sp³-hybridized carbons (Fsp3) is 0.500. The first kappa shape index (κ1) is 22.1. The second-order valence-corrected chi connectivity index (χ2v) is 7.84. The molecule has 30 heavy (non-hydrogen) atoms. The zero-order valence-corrected chi connectivity index (χ0v) is 17.7. The highest BCUT2D eigenvalue weighted by atomic mass is 16.6. The summed E-state index contributed by atoms with van der Waals surface area (Å²) in [7, 11) is 0. The van der Waals surface area contributed by atoms with Crippen LogP contribution in [0, 0.1) is 5.92 Å². The number of carbonyl (C=O) groups excluding carboxylic acids is 1. The van der Waals surface area contributed by atoms with Crippen LogP contribution in [0.25, 0.3) is 0 Å². The second-order valence-electron chi connectivity index (χ2n) is 7.84. The van der Waals surface area contributed by atoms with Crippen molar-refractivity contribution < 1.29 is 19.4 Å². The minimum atomic E-state index is -0.856. The maximum atomic E-state index is 12.7. The molecule has 2 heterocycles. The molecule has 3 rings (SSSR count). The zero-order chi connectivity index (χ0) is 21.8. The second kappa shape index (κ2) is 9.51. The van der Waals surface area contributed by atoms with Gasteiger partial charge in [0.2, 0.25) is 0 Å². The van der Waals surface area contributed by atoms with E-state index in [1.165, 1.54) is 16.8 Å². The zero-order valence-electron chi connectivity index (χ0n) is 17.7. The highest BCUT2D eigenvalue weighted by Gasteiger charge is 2.46. The number of aliphatic hydroxyl groups is 1. The molecule has 5 atom stereocenters. The van der Waals surface area contributed by atoms with Gasteiger partial charge in [-0.2, -0.15) is 4.98 Å². The summed E-state index contributed by atoms with van der Waals surface area (Å²) in [5.74, 6) is 0.0264. The maximum Gasteiger partial charge on any atom is 0.351 e. The van der Waals surface area contributed by atoms with E-state index in [4.69, 9.17) is 9.47 Å². The fourth-order valence-electron chi connectivity index (χ4n) is 3.29. The predicted octanol–water partition coefficient (Wildman–Crippen LogP) is 2.59. The summed E-state index contributed by atoms with van der Waals surface area (Å²) in [5.41, 5.74) is -0.131. The van der Waals surface area contributed by atoms with Crippen LogP contribution in [0.5, 0.6) is 0 Å². The molecule has 0 aliphatic carbocycles. The van der Waals surface area contributed by atoms with Crippen molar-refractivity contribution in [1.29, 1.82) is 0 Å². The molecule has 1 aromatic carbocycles. The number of nitrogens with zero attached hydrogens (tertiary/aromatic N) is 2. The fourth-order valence-corrected chi connectivity index (χ4v) is 3.29. The molecule has 1 unspecified atom stereocenters. The largest absolute Gasteiger partial charge is 0.388 e. The number of nitrogens with one attached hydrogen (secondary N) is 1. The number of anilines is 1. The van der Waals surface area contributed by atoms with Crippen molar-refractivity contribution in [3.8, 4) is 0 Å². The normalized spacial score (nSPS) is 24.7. The van der Waals surface area contributed by atoms with E-state index >= 15 is 0 Å². The molecule has 0 saturated carbocycles. The molecular weight excluding hydrogens is 386 g/mol. The van der Waals surface area contributed by atoms with E-state index in [1.807, 2.05) is 33.8 Å². The Morgan fingerprint density at radius 1 is 1.27 bits per heavy atom. The maximum absolute atomic E-state index is 12.7. The first-order valence-electron chi connectivity index (χ1n) is 10.3. The quantitative estimate of drug-likeness (QED) is 0.721. The van der Waals surface area contributed by atoms with Crippen LogP contribution >= 0.6 is 0 Å². The van der Waals surface area contributed by atoms with Crippen molar-refractivity contribution in [3.63, 3.8) is 0 Å². The lowest BCUT2D eigenvalue weighted by Gasteiger charge is -2.27. The molecule has 8 heteroatoms. The Hall–Kier alpha value is -2.55. The predicted molar refractivity (Wildman–Crippen MR) is 112 cm³/mol. The van der Waals surface area contributed by atoms with Gasteiger partial charge >= 0.3 is 5.69 Å². The molecule has 0 bridgehead atoms. The summed E-state index contributed by atoms with van der Waals surface area (Å²) < 4.78 is 13.3. The molecule has 1 amide bonds. The standard InChI is InChI=1S/C22H29N3O5/c1-5-16-18(26)19(29-14(4)13(2)3)21(30-16)25-12-11-17(24-22(25)28)23-20(27)15-9-7-6-8-10-15/h6-14,16,18-19,21,26H,5H2,1-4H3,(H,23,24,27,28)/t14-,16-,18?,19+,21-/m1/s1. The SMILES string of the molecule is CC[C@H]1O[C@@H](n2ccc(NC(=O)c3ccccc3)nc2=O)[C@@H](O[C@H](C)C(C)C)C1O. The lowest BCUT2D eigenvalue weighted by atomic mass is 10.1. The van der Waals surface area contributed by atoms with Crippen molar-refractivity contribution in [1.82, 2.24) is 9.55 Å². The number of hydrogen-bond donors (Lipinski definition) is 2. The van der Waals surface area contributed by atoms with Crippen LogP contribution in [0.4, 0.5) is 5.82 Å². The Kier molecular flexibility index (Phi) is 7.02. The Morgan fingerprint density at radius 3 is 2.57 bits per heavy atom. The molecule has 1 fully saturated rings. The van der Waals surface area contributed by atoms with Crippen molar-refractivity contribution >= 4 is 11.7 Å². The van der Waals surface area contributed by atoms with Gasteiger partial charge < -0.3 is 19.9 Å². The number of rotatable bonds is 7. The Bertz CT molecular complexity index is 914. The number of hydrogen-bond acceptors (Lipinski definition) is 6. The van der Waals surface area contributed by atoms with E-state index < -0.39 is 30.2 Å². The molecule has 1 aliphatic heterocycles. The third-order valence-electron chi connectivity index (χ3n) is 5.41. The van der Waals surface area contributed by atoms with E-state index in [0.29, 0.717) is 12.0 Å². The van der Waals surface area contributed by atoms with Gasteiger partial charge in [0.1, 0.15) is 18.0 Å². The van der Waals surface area contributed by atoms with Gasteiger partial charge in [-0.15, -0.1) is 0 Å². The highest BCUT2D eigenvalue weighted by molar-refractivity contribution is 6.03. The van der Waals surface area contributed by atoms with Gasteiger partial charge in [-0.3, -0.25) is 9.36 Å². The Morgan fingerprint density at radius 2 is 1.97 bits per heavy atom. The molecule has 0 radical (unpaired) electrons. The number of aliphatic hydroxyl groups excluding tert-OH is 1. The first-order valence-corrected chi connectivity index (χ1v) is 10.3. The molecule has 1 saturated heterocycles. The number of carbonyl (C=O) groups is 1. The van der Waals surface area contributed by atoms with E-state index in [1.54, 1.807) is 24.3 Å². The van der Waals surface area contributed by atoms with Crippen LogP contribution in [0.15, 0.2) is 47.4 Å². The average molecular weight is 415 g/mol. The molecule has 1 aromatic heterocycles. The Balaban J connectivity index is 1.81. The number of amides is 1. The summed E-state index contributed by atoms with van der Waals surface area (Å²) in [4.78, 5) is 29.0. The lowest BCUT2D eigenvalue weighted by Crippen LogP contribution is -2.40. The van der Waals surface area contributed by atoms with Gasteiger partial charge in [0, 0.05) is 11.8 Å².